The predicted molar refractivity (Wildman–Crippen MR) is 114 cm³/mol. The van der Waals surface area contributed by atoms with E-state index < -0.39 is 5.25 Å². The number of nitrogens with one attached hydrogen (secondary N) is 2. The van der Waals surface area contributed by atoms with Gasteiger partial charge in [-0.2, -0.15) is 4.68 Å². The van der Waals surface area contributed by atoms with Gasteiger partial charge in [0, 0.05) is 23.3 Å². The molecule has 1 atom stereocenters. The lowest BCUT2D eigenvalue weighted by atomic mass is 10.2. The number of amides is 2. The second-order valence-electron chi connectivity index (χ2n) is 6.27. The van der Waals surface area contributed by atoms with Crippen molar-refractivity contribution in [2.24, 2.45) is 0 Å². The van der Waals surface area contributed by atoms with Gasteiger partial charge in [0.05, 0.1) is 10.9 Å². The van der Waals surface area contributed by atoms with Crippen molar-refractivity contribution in [3.8, 4) is 5.69 Å². The molecule has 3 aromatic rings. The third-order valence-electron chi connectivity index (χ3n) is 4.03. The van der Waals surface area contributed by atoms with Gasteiger partial charge in [-0.15, -0.1) is 5.10 Å². The van der Waals surface area contributed by atoms with Crippen LogP contribution in [0.2, 0.25) is 5.02 Å². The molecule has 150 valence electrons. The lowest BCUT2D eigenvalue weighted by Gasteiger charge is -2.14. The Kier molecular flexibility index (Phi) is 6.50. The molecule has 0 aliphatic rings. The number of aromatic nitrogens is 4. The van der Waals surface area contributed by atoms with Gasteiger partial charge in [-0.05, 0) is 60.2 Å². The lowest BCUT2D eigenvalue weighted by Crippen LogP contribution is -2.23. The fourth-order valence-electron chi connectivity index (χ4n) is 2.52. The van der Waals surface area contributed by atoms with Gasteiger partial charge in [0.15, 0.2) is 0 Å². The molecule has 2 amide bonds. The fourth-order valence-corrected chi connectivity index (χ4v) is 3.50. The summed E-state index contributed by atoms with van der Waals surface area (Å²) in [6.45, 7) is 5.05. The Balaban J connectivity index is 1.75. The van der Waals surface area contributed by atoms with Gasteiger partial charge in [0.2, 0.25) is 17.0 Å². The third kappa shape index (κ3) is 5.12. The van der Waals surface area contributed by atoms with Crippen LogP contribution in [0.5, 0.6) is 0 Å². The molecule has 0 spiro atoms. The van der Waals surface area contributed by atoms with E-state index in [2.05, 4.69) is 26.2 Å². The third-order valence-corrected chi connectivity index (χ3v) is 5.47. The van der Waals surface area contributed by atoms with Crippen LogP contribution >= 0.6 is 23.4 Å². The number of tetrazole rings is 1. The predicted octanol–water partition coefficient (Wildman–Crippen LogP) is 3.70. The second kappa shape index (κ2) is 9.06. The summed E-state index contributed by atoms with van der Waals surface area (Å²) in [5.41, 5.74) is 2.77. The molecule has 1 unspecified atom stereocenters. The molecule has 8 nitrogen and oxygen atoms in total. The smallest absolute Gasteiger partial charge is 0.237 e. The summed E-state index contributed by atoms with van der Waals surface area (Å²) in [6.07, 6.45) is 0. The first kappa shape index (κ1) is 20.8. The summed E-state index contributed by atoms with van der Waals surface area (Å²) in [7, 11) is 0. The van der Waals surface area contributed by atoms with Gasteiger partial charge >= 0.3 is 0 Å². The molecule has 0 bridgehead atoms. The number of halogens is 1. The van der Waals surface area contributed by atoms with Crippen LogP contribution < -0.4 is 10.6 Å². The highest BCUT2D eigenvalue weighted by Crippen LogP contribution is 2.27. The summed E-state index contributed by atoms with van der Waals surface area (Å²) in [6, 6.07) is 12.5. The molecule has 0 radical (unpaired) electrons. The molecule has 29 heavy (non-hydrogen) atoms. The largest absolute Gasteiger partial charge is 0.326 e. The summed E-state index contributed by atoms with van der Waals surface area (Å²) < 4.78 is 1.52. The molecule has 0 saturated carbocycles. The summed E-state index contributed by atoms with van der Waals surface area (Å²) in [5.74, 6) is -0.364. The zero-order valence-corrected chi connectivity index (χ0v) is 17.6. The Morgan fingerprint density at radius 3 is 2.69 bits per heavy atom. The van der Waals surface area contributed by atoms with E-state index in [4.69, 9.17) is 11.6 Å². The van der Waals surface area contributed by atoms with E-state index in [9.17, 15) is 9.59 Å². The van der Waals surface area contributed by atoms with Crippen LogP contribution in [-0.4, -0.2) is 37.3 Å². The molecule has 10 heteroatoms. The van der Waals surface area contributed by atoms with Crippen LogP contribution in [0.25, 0.3) is 5.69 Å². The average molecular weight is 431 g/mol. The summed E-state index contributed by atoms with van der Waals surface area (Å²) in [5, 5.41) is 17.9. The maximum Gasteiger partial charge on any atom is 0.237 e. The molecule has 2 N–H and O–H groups in total. The van der Waals surface area contributed by atoms with E-state index >= 15 is 0 Å². The number of benzene rings is 2. The van der Waals surface area contributed by atoms with E-state index in [-0.39, 0.29) is 11.8 Å². The van der Waals surface area contributed by atoms with Crippen LogP contribution in [0.3, 0.4) is 0 Å². The number of carbonyl (C=O) groups excluding carboxylic acids is 2. The highest BCUT2D eigenvalue weighted by atomic mass is 35.5. The highest BCUT2D eigenvalue weighted by molar-refractivity contribution is 8.00. The number of rotatable bonds is 6. The maximum absolute atomic E-state index is 12.6. The van der Waals surface area contributed by atoms with Crippen molar-refractivity contribution in [2.75, 3.05) is 10.6 Å². The topological polar surface area (TPSA) is 102 Å². The molecule has 1 heterocycles. The van der Waals surface area contributed by atoms with Crippen molar-refractivity contribution in [3.63, 3.8) is 0 Å². The van der Waals surface area contributed by atoms with Gasteiger partial charge in [-0.25, -0.2) is 0 Å². The molecule has 0 aliphatic heterocycles. The van der Waals surface area contributed by atoms with E-state index in [0.29, 0.717) is 27.2 Å². The first-order valence-corrected chi connectivity index (χ1v) is 10.00. The zero-order valence-electron chi connectivity index (χ0n) is 16.0. The average Bonchev–Trinajstić information content (AvgIpc) is 3.13. The Morgan fingerprint density at radius 2 is 1.93 bits per heavy atom. The molecular weight excluding hydrogens is 412 g/mol. The van der Waals surface area contributed by atoms with E-state index in [1.54, 1.807) is 43.3 Å². The maximum atomic E-state index is 12.6. The molecule has 1 aromatic heterocycles. The van der Waals surface area contributed by atoms with Crippen LogP contribution in [0.1, 0.15) is 19.4 Å². The molecule has 3 rings (SSSR count). The fraction of sp³-hybridized carbons (Fsp3) is 0.211. The molecule has 0 fully saturated rings. The normalized spacial score (nSPS) is 11.7. The second-order valence-corrected chi connectivity index (χ2v) is 7.98. The van der Waals surface area contributed by atoms with Gasteiger partial charge in [0.1, 0.15) is 0 Å². The summed E-state index contributed by atoms with van der Waals surface area (Å²) in [4.78, 5) is 23.9. The van der Waals surface area contributed by atoms with Crippen molar-refractivity contribution in [3.05, 3.63) is 53.1 Å². The first-order valence-electron chi connectivity index (χ1n) is 8.74. The SMILES string of the molecule is CC(=O)Nc1cccc(-n2nnnc2SC(C)C(=O)Nc2cccc(Cl)c2C)c1. The number of hydrogen-bond acceptors (Lipinski definition) is 6. The van der Waals surface area contributed by atoms with Crippen molar-refractivity contribution < 1.29 is 9.59 Å². The van der Waals surface area contributed by atoms with E-state index in [1.165, 1.54) is 23.4 Å². The van der Waals surface area contributed by atoms with Crippen LogP contribution in [-0.2, 0) is 9.59 Å². The molecular formula is C19H19ClN6O2S. The van der Waals surface area contributed by atoms with Crippen molar-refractivity contribution in [1.82, 2.24) is 20.2 Å². The Hall–Kier alpha value is -2.91. The molecule has 0 aliphatic carbocycles. The number of nitrogens with zero attached hydrogens (tertiary/aromatic N) is 4. The first-order chi connectivity index (χ1) is 13.8. The Morgan fingerprint density at radius 1 is 1.17 bits per heavy atom. The Bertz CT molecular complexity index is 1050. The zero-order chi connectivity index (χ0) is 21.0. The minimum absolute atomic E-state index is 0.171. The number of hydrogen-bond donors (Lipinski definition) is 2. The van der Waals surface area contributed by atoms with Crippen LogP contribution in [0.4, 0.5) is 11.4 Å². The van der Waals surface area contributed by atoms with E-state index in [0.717, 1.165) is 5.56 Å². The highest BCUT2D eigenvalue weighted by Gasteiger charge is 2.20. The Labute approximate surface area is 177 Å². The van der Waals surface area contributed by atoms with E-state index in [1.807, 2.05) is 13.0 Å². The van der Waals surface area contributed by atoms with Crippen LogP contribution in [0, 0.1) is 6.92 Å². The monoisotopic (exact) mass is 430 g/mol. The number of anilines is 2. The van der Waals surface area contributed by atoms with Gasteiger partial charge in [0.25, 0.3) is 0 Å². The lowest BCUT2D eigenvalue weighted by molar-refractivity contribution is -0.115. The van der Waals surface area contributed by atoms with Gasteiger partial charge in [-0.3, -0.25) is 9.59 Å². The van der Waals surface area contributed by atoms with Crippen molar-refractivity contribution in [1.29, 1.82) is 0 Å². The van der Waals surface area contributed by atoms with Gasteiger partial charge in [-0.1, -0.05) is 35.5 Å². The van der Waals surface area contributed by atoms with Gasteiger partial charge < -0.3 is 10.6 Å². The molecule has 0 saturated heterocycles. The minimum Gasteiger partial charge on any atom is -0.326 e. The quantitative estimate of drug-likeness (QED) is 0.578. The number of thioether (sulfide) groups is 1. The standard InChI is InChI=1S/C19H19ClN6O2S/c1-11-16(20)8-5-9-17(11)22-18(28)12(2)29-19-23-24-25-26(19)15-7-4-6-14(10-15)21-13(3)27/h4-10,12H,1-3H3,(H,21,27)(H,22,28). The number of carbonyl (C=O) groups is 2. The van der Waals surface area contributed by atoms with Crippen molar-refractivity contribution in [2.45, 2.75) is 31.2 Å². The van der Waals surface area contributed by atoms with Crippen LogP contribution in [0.15, 0.2) is 47.6 Å². The van der Waals surface area contributed by atoms with Crippen molar-refractivity contribution >= 4 is 46.6 Å². The minimum atomic E-state index is -0.461. The summed E-state index contributed by atoms with van der Waals surface area (Å²) >= 11 is 7.34. The molecule has 2 aromatic carbocycles.